The lowest BCUT2D eigenvalue weighted by Gasteiger charge is -2.12. The topological polar surface area (TPSA) is 12.0 Å². The van der Waals surface area contributed by atoms with Crippen LogP contribution in [0.15, 0.2) is 48.5 Å². The summed E-state index contributed by atoms with van der Waals surface area (Å²) >= 11 is 0. The van der Waals surface area contributed by atoms with E-state index in [-0.39, 0.29) is 5.82 Å². The molecule has 1 aliphatic rings. The van der Waals surface area contributed by atoms with E-state index in [1.807, 2.05) is 13.1 Å². The van der Waals surface area contributed by atoms with Crippen LogP contribution < -0.4 is 5.32 Å². The maximum Gasteiger partial charge on any atom is 0.123 e. The minimum atomic E-state index is -0.160. The van der Waals surface area contributed by atoms with Crippen LogP contribution in [0, 0.1) is 5.82 Å². The fourth-order valence-corrected chi connectivity index (χ4v) is 3.01. The van der Waals surface area contributed by atoms with E-state index in [2.05, 4.69) is 35.7 Å². The third-order valence-electron chi connectivity index (χ3n) is 4.08. The van der Waals surface area contributed by atoms with Crippen LogP contribution in [0.5, 0.6) is 0 Å². The molecule has 1 aliphatic carbocycles. The number of benzene rings is 2. The molecule has 2 heteroatoms. The lowest BCUT2D eigenvalue weighted by atomic mass is 9.93. The van der Waals surface area contributed by atoms with Crippen molar-refractivity contribution < 1.29 is 4.39 Å². The lowest BCUT2D eigenvalue weighted by Crippen LogP contribution is -2.06. The van der Waals surface area contributed by atoms with Gasteiger partial charge in [0, 0.05) is 0 Å². The Morgan fingerprint density at radius 1 is 1.05 bits per heavy atom. The molecule has 2 aromatic carbocycles. The number of halogens is 1. The van der Waals surface area contributed by atoms with Gasteiger partial charge in [-0.15, -0.1) is 0 Å². The van der Waals surface area contributed by atoms with Crippen molar-refractivity contribution in [3.05, 3.63) is 76.6 Å². The molecule has 0 heterocycles. The van der Waals surface area contributed by atoms with Crippen LogP contribution in [-0.2, 0) is 12.8 Å². The van der Waals surface area contributed by atoms with Gasteiger partial charge in [-0.25, -0.2) is 4.39 Å². The SMILES string of the molecule is CNCC/C=C1/c2ccccc2CCc2ccc(F)cc21. The molecular formula is C19H20FN. The highest BCUT2D eigenvalue weighted by Gasteiger charge is 2.17. The summed E-state index contributed by atoms with van der Waals surface area (Å²) < 4.78 is 13.7. The van der Waals surface area contributed by atoms with Gasteiger partial charge >= 0.3 is 0 Å². The van der Waals surface area contributed by atoms with E-state index in [9.17, 15) is 4.39 Å². The lowest BCUT2D eigenvalue weighted by molar-refractivity contribution is 0.626. The first-order chi connectivity index (χ1) is 10.3. The fraction of sp³-hybridized carbons (Fsp3) is 0.263. The van der Waals surface area contributed by atoms with Crippen molar-refractivity contribution in [2.45, 2.75) is 19.3 Å². The van der Waals surface area contributed by atoms with Crippen molar-refractivity contribution in [2.24, 2.45) is 0 Å². The van der Waals surface area contributed by atoms with Crippen LogP contribution in [-0.4, -0.2) is 13.6 Å². The highest BCUT2D eigenvalue weighted by atomic mass is 19.1. The Morgan fingerprint density at radius 3 is 2.62 bits per heavy atom. The number of hydrogen-bond donors (Lipinski definition) is 1. The first-order valence-corrected chi connectivity index (χ1v) is 7.51. The number of hydrogen-bond acceptors (Lipinski definition) is 1. The molecule has 2 aromatic rings. The van der Waals surface area contributed by atoms with Crippen molar-refractivity contribution in [3.63, 3.8) is 0 Å². The van der Waals surface area contributed by atoms with Gasteiger partial charge in [0.05, 0.1) is 0 Å². The van der Waals surface area contributed by atoms with Crippen molar-refractivity contribution in [3.8, 4) is 0 Å². The van der Waals surface area contributed by atoms with Crippen LogP contribution in [0.3, 0.4) is 0 Å². The van der Waals surface area contributed by atoms with Crippen molar-refractivity contribution in [2.75, 3.05) is 13.6 Å². The molecule has 21 heavy (non-hydrogen) atoms. The van der Waals surface area contributed by atoms with E-state index in [0.29, 0.717) is 0 Å². The van der Waals surface area contributed by atoms with Crippen molar-refractivity contribution in [1.82, 2.24) is 5.32 Å². The molecule has 0 aliphatic heterocycles. The molecule has 0 saturated heterocycles. The zero-order valence-electron chi connectivity index (χ0n) is 12.3. The van der Waals surface area contributed by atoms with E-state index in [4.69, 9.17) is 0 Å². The van der Waals surface area contributed by atoms with E-state index >= 15 is 0 Å². The summed E-state index contributed by atoms with van der Waals surface area (Å²) in [5.41, 5.74) is 6.06. The van der Waals surface area contributed by atoms with Gasteiger partial charge in [-0.2, -0.15) is 0 Å². The Hall–Kier alpha value is -1.93. The third-order valence-corrected chi connectivity index (χ3v) is 4.08. The summed E-state index contributed by atoms with van der Waals surface area (Å²) in [5.74, 6) is -0.160. The molecule has 0 saturated carbocycles. The number of aryl methyl sites for hydroxylation is 2. The molecule has 3 rings (SSSR count). The predicted molar refractivity (Wildman–Crippen MR) is 85.9 cm³/mol. The molecule has 0 amide bonds. The number of rotatable bonds is 3. The van der Waals surface area contributed by atoms with Crippen LogP contribution in [0.2, 0.25) is 0 Å². The second kappa shape index (κ2) is 6.23. The normalized spacial score (nSPS) is 15.4. The van der Waals surface area contributed by atoms with Crippen LogP contribution in [0.25, 0.3) is 5.57 Å². The quantitative estimate of drug-likeness (QED) is 0.840. The highest BCUT2D eigenvalue weighted by molar-refractivity contribution is 5.83. The average molecular weight is 281 g/mol. The van der Waals surface area contributed by atoms with Gasteiger partial charge in [0.1, 0.15) is 5.82 Å². The Labute approximate surface area is 125 Å². The Balaban J connectivity index is 2.14. The smallest absolute Gasteiger partial charge is 0.123 e. The third kappa shape index (κ3) is 2.91. The molecule has 0 atom stereocenters. The Kier molecular flexibility index (Phi) is 4.16. The molecule has 1 nitrogen and oxygen atoms in total. The Morgan fingerprint density at radius 2 is 1.81 bits per heavy atom. The molecule has 0 unspecified atom stereocenters. The summed E-state index contributed by atoms with van der Waals surface area (Å²) in [7, 11) is 1.95. The predicted octanol–water partition coefficient (Wildman–Crippen LogP) is 3.97. The van der Waals surface area contributed by atoms with Gasteiger partial charge in [-0.1, -0.05) is 36.4 Å². The minimum absolute atomic E-state index is 0.160. The van der Waals surface area contributed by atoms with Gasteiger partial charge < -0.3 is 5.32 Å². The first kappa shape index (κ1) is 14.0. The number of fused-ring (bicyclic) bond motifs is 2. The minimum Gasteiger partial charge on any atom is -0.319 e. The van der Waals surface area contributed by atoms with Gasteiger partial charge in [-0.3, -0.25) is 0 Å². The fourth-order valence-electron chi connectivity index (χ4n) is 3.01. The summed E-state index contributed by atoms with van der Waals surface area (Å²) in [6.07, 6.45) is 5.16. The molecular weight excluding hydrogens is 261 g/mol. The second-order valence-corrected chi connectivity index (χ2v) is 5.47. The zero-order valence-corrected chi connectivity index (χ0v) is 12.3. The first-order valence-electron chi connectivity index (χ1n) is 7.51. The monoisotopic (exact) mass is 281 g/mol. The largest absolute Gasteiger partial charge is 0.319 e. The summed E-state index contributed by atoms with van der Waals surface area (Å²) in [6.45, 7) is 0.927. The van der Waals surface area contributed by atoms with Gasteiger partial charge in [0.2, 0.25) is 0 Å². The van der Waals surface area contributed by atoms with Crippen molar-refractivity contribution in [1.29, 1.82) is 0 Å². The summed E-state index contributed by atoms with van der Waals surface area (Å²) in [6, 6.07) is 13.7. The van der Waals surface area contributed by atoms with E-state index in [0.717, 1.165) is 31.4 Å². The summed E-state index contributed by atoms with van der Waals surface area (Å²) in [4.78, 5) is 0. The van der Waals surface area contributed by atoms with E-state index < -0.39 is 0 Å². The zero-order chi connectivity index (χ0) is 14.7. The number of nitrogens with one attached hydrogen (secondary N) is 1. The standard InChI is InChI=1S/C19H20FN/c1-21-12-4-7-18-17-6-3-2-5-14(17)8-9-15-10-11-16(20)13-19(15)18/h2-3,5-7,10-11,13,21H,4,8-9,12H2,1H3/b18-7-. The van der Waals surface area contributed by atoms with Gasteiger partial charge in [0.15, 0.2) is 0 Å². The highest BCUT2D eigenvalue weighted by Crippen LogP contribution is 2.34. The van der Waals surface area contributed by atoms with Crippen LogP contribution >= 0.6 is 0 Å². The average Bonchev–Trinajstić information content (AvgIpc) is 2.65. The second-order valence-electron chi connectivity index (χ2n) is 5.47. The maximum atomic E-state index is 13.7. The van der Waals surface area contributed by atoms with Crippen molar-refractivity contribution >= 4 is 5.57 Å². The molecule has 1 N–H and O–H groups in total. The molecule has 0 aromatic heterocycles. The van der Waals surface area contributed by atoms with Crippen LogP contribution in [0.4, 0.5) is 4.39 Å². The molecule has 0 fully saturated rings. The molecule has 0 spiro atoms. The molecule has 108 valence electrons. The Bertz CT molecular complexity index is 673. The van der Waals surface area contributed by atoms with Gasteiger partial charge in [-0.05, 0) is 72.8 Å². The van der Waals surface area contributed by atoms with E-state index in [1.54, 1.807) is 12.1 Å². The van der Waals surface area contributed by atoms with E-state index in [1.165, 1.54) is 22.3 Å². The molecule has 0 bridgehead atoms. The maximum absolute atomic E-state index is 13.7. The summed E-state index contributed by atoms with van der Waals surface area (Å²) in [5, 5.41) is 3.16. The van der Waals surface area contributed by atoms with Crippen LogP contribution in [0.1, 0.15) is 28.7 Å². The molecule has 0 radical (unpaired) electrons. The van der Waals surface area contributed by atoms with Gasteiger partial charge in [0.25, 0.3) is 0 Å².